The largest absolute Gasteiger partial charge is 0.467 e. The van der Waals surface area contributed by atoms with E-state index in [9.17, 15) is 24.3 Å². The van der Waals surface area contributed by atoms with Gasteiger partial charge in [0, 0.05) is 6.08 Å². The van der Waals surface area contributed by atoms with Gasteiger partial charge in [-0.2, -0.15) is 0 Å². The second kappa shape index (κ2) is 12.9. The summed E-state index contributed by atoms with van der Waals surface area (Å²) in [5.41, 5.74) is 0.746. The van der Waals surface area contributed by atoms with Gasteiger partial charge in [0.1, 0.15) is 18.7 Å². The number of aliphatic hydroxyl groups is 1. The Hall–Kier alpha value is -3.40. The Bertz CT molecular complexity index is 720. The van der Waals surface area contributed by atoms with Crippen molar-refractivity contribution >= 4 is 23.9 Å². The molecule has 2 amide bonds. The molecular weight excluding hydrogens is 384 g/mol. The van der Waals surface area contributed by atoms with Crippen LogP contribution < -0.4 is 10.6 Å². The van der Waals surface area contributed by atoms with Crippen LogP contribution >= 0.6 is 0 Å². The first-order chi connectivity index (χ1) is 13.9. The maximum Gasteiger partial charge on any atom is 0.408 e. The summed E-state index contributed by atoms with van der Waals surface area (Å²) in [6, 6.07) is 6.40. The number of alkyl carbamates (subject to hydrolysis) is 1. The number of aliphatic hydroxyl groups excluding tert-OH is 1. The number of ether oxygens (including phenoxy) is 3. The van der Waals surface area contributed by atoms with Crippen molar-refractivity contribution in [2.45, 2.75) is 25.1 Å². The van der Waals surface area contributed by atoms with Crippen LogP contribution in [0.4, 0.5) is 4.79 Å². The van der Waals surface area contributed by atoms with E-state index < -0.39 is 42.6 Å². The van der Waals surface area contributed by atoms with Gasteiger partial charge in [-0.25, -0.2) is 14.4 Å². The Morgan fingerprint density at radius 3 is 2.31 bits per heavy atom. The lowest BCUT2D eigenvalue weighted by Gasteiger charge is -2.20. The zero-order valence-electron chi connectivity index (χ0n) is 16.1. The van der Waals surface area contributed by atoms with Crippen LogP contribution in [0.2, 0.25) is 0 Å². The second-order valence-corrected chi connectivity index (χ2v) is 5.69. The highest BCUT2D eigenvalue weighted by molar-refractivity contribution is 5.90. The van der Waals surface area contributed by atoms with E-state index in [1.165, 1.54) is 13.2 Å². The van der Waals surface area contributed by atoms with E-state index >= 15 is 0 Å². The minimum atomic E-state index is -1.35. The molecule has 0 aliphatic rings. The lowest BCUT2D eigenvalue weighted by atomic mass is 10.1. The molecule has 29 heavy (non-hydrogen) atoms. The third kappa shape index (κ3) is 8.89. The number of carbonyl (C=O) groups excluding carboxylic acids is 4. The lowest BCUT2D eigenvalue weighted by molar-refractivity contribution is -0.145. The first kappa shape index (κ1) is 23.6. The van der Waals surface area contributed by atoms with Gasteiger partial charge in [0.05, 0.1) is 20.8 Å². The van der Waals surface area contributed by atoms with Gasteiger partial charge < -0.3 is 30.0 Å². The number of rotatable bonds is 10. The molecule has 158 valence electrons. The predicted molar refractivity (Wildman–Crippen MR) is 100 cm³/mol. The standard InChI is InChI=1S/C19H24N2O8/c1-27-16(23)10-6-9-14(18(25)28-2)20-17(24)15(11-22)21-19(26)29-12-13-7-4-3-5-8-13/h3-8,10,14-15,22H,9,11-12H2,1-2H3,(H,20,24)(H,21,26)/b10-6+/t14-,15+/m1/s1. The Balaban J connectivity index is 2.62. The SMILES string of the molecule is COC(=O)/C=C/C[C@@H](NC(=O)[C@H](CO)NC(=O)OCc1ccccc1)C(=O)OC. The summed E-state index contributed by atoms with van der Waals surface area (Å²) in [5.74, 6) is -2.22. The number of carbonyl (C=O) groups is 4. The van der Waals surface area contributed by atoms with E-state index in [2.05, 4.69) is 20.1 Å². The third-order valence-corrected chi connectivity index (χ3v) is 3.63. The summed E-state index contributed by atoms with van der Waals surface area (Å²) in [4.78, 5) is 47.1. The van der Waals surface area contributed by atoms with Crippen LogP contribution in [-0.4, -0.2) is 62.0 Å². The minimum absolute atomic E-state index is 0.0183. The third-order valence-electron chi connectivity index (χ3n) is 3.63. The Labute approximate surface area is 167 Å². The molecule has 1 aromatic rings. The zero-order chi connectivity index (χ0) is 21.6. The molecular formula is C19H24N2O8. The predicted octanol–water partition coefficient (Wildman–Crippen LogP) is 0.0508. The Morgan fingerprint density at radius 1 is 1.03 bits per heavy atom. The summed E-state index contributed by atoms with van der Waals surface area (Å²) < 4.78 is 14.0. The highest BCUT2D eigenvalue weighted by atomic mass is 16.5. The number of benzene rings is 1. The normalized spacial score (nSPS) is 12.5. The number of amides is 2. The van der Waals surface area contributed by atoms with Crippen LogP contribution in [0.15, 0.2) is 42.5 Å². The van der Waals surface area contributed by atoms with Crippen molar-refractivity contribution in [1.82, 2.24) is 10.6 Å². The van der Waals surface area contributed by atoms with Gasteiger partial charge in [-0.1, -0.05) is 36.4 Å². The van der Waals surface area contributed by atoms with Crippen LogP contribution in [0.3, 0.4) is 0 Å². The van der Waals surface area contributed by atoms with Crippen LogP contribution in [0, 0.1) is 0 Å². The fourth-order valence-corrected chi connectivity index (χ4v) is 2.10. The van der Waals surface area contributed by atoms with E-state index in [-0.39, 0.29) is 13.0 Å². The first-order valence-corrected chi connectivity index (χ1v) is 8.62. The number of esters is 2. The van der Waals surface area contributed by atoms with Gasteiger partial charge in [-0.05, 0) is 12.0 Å². The molecule has 0 aliphatic heterocycles. The van der Waals surface area contributed by atoms with Gasteiger partial charge >= 0.3 is 18.0 Å². The molecule has 0 bridgehead atoms. The average Bonchev–Trinajstić information content (AvgIpc) is 2.75. The topological polar surface area (TPSA) is 140 Å². The smallest absolute Gasteiger partial charge is 0.408 e. The van der Waals surface area contributed by atoms with E-state index in [1.54, 1.807) is 24.3 Å². The molecule has 0 aromatic heterocycles. The quantitative estimate of drug-likeness (QED) is 0.280. The van der Waals surface area contributed by atoms with Crippen LogP contribution in [0.1, 0.15) is 12.0 Å². The molecule has 0 unspecified atom stereocenters. The molecule has 0 fully saturated rings. The van der Waals surface area contributed by atoms with E-state index in [4.69, 9.17) is 4.74 Å². The maximum atomic E-state index is 12.3. The van der Waals surface area contributed by atoms with Crippen molar-refractivity contribution in [2.75, 3.05) is 20.8 Å². The summed E-state index contributed by atoms with van der Waals surface area (Å²) in [6.07, 6.45) is 1.43. The average molecular weight is 408 g/mol. The molecule has 10 nitrogen and oxygen atoms in total. The number of hydrogen-bond acceptors (Lipinski definition) is 8. The summed E-state index contributed by atoms with van der Waals surface area (Å²) >= 11 is 0. The molecule has 0 saturated heterocycles. The molecule has 0 spiro atoms. The first-order valence-electron chi connectivity index (χ1n) is 8.62. The van der Waals surface area contributed by atoms with Crippen molar-refractivity contribution < 1.29 is 38.5 Å². The molecule has 1 aromatic carbocycles. The van der Waals surface area contributed by atoms with E-state index in [0.717, 1.165) is 18.7 Å². The molecule has 2 atom stereocenters. The molecule has 0 heterocycles. The van der Waals surface area contributed by atoms with Crippen LogP contribution in [0.5, 0.6) is 0 Å². The van der Waals surface area contributed by atoms with Crippen LogP contribution in [-0.2, 0) is 35.2 Å². The molecule has 10 heteroatoms. The van der Waals surface area contributed by atoms with E-state index in [0.29, 0.717) is 0 Å². The van der Waals surface area contributed by atoms with E-state index in [1.807, 2.05) is 6.07 Å². The van der Waals surface area contributed by atoms with Gasteiger partial charge in [0.2, 0.25) is 5.91 Å². The van der Waals surface area contributed by atoms with Crippen molar-refractivity contribution in [3.63, 3.8) is 0 Å². The fraction of sp³-hybridized carbons (Fsp3) is 0.368. The van der Waals surface area contributed by atoms with Gasteiger partial charge in [-0.3, -0.25) is 4.79 Å². The Morgan fingerprint density at radius 2 is 1.72 bits per heavy atom. The molecule has 3 N–H and O–H groups in total. The second-order valence-electron chi connectivity index (χ2n) is 5.69. The highest BCUT2D eigenvalue weighted by Crippen LogP contribution is 2.02. The summed E-state index contributed by atoms with van der Waals surface area (Å²) in [5, 5.41) is 14.0. The monoisotopic (exact) mass is 408 g/mol. The number of nitrogens with one attached hydrogen (secondary N) is 2. The van der Waals surface area contributed by atoms with Gasteiger partial charge in [-0.15, -0.1) is 0 Å². The molecule has 1 rings (SSSR count). The molecule has 0 aliphatic carbocycles. The summed E-state index contributed by atoms with van der Waals surface area (Å²) in [7, 11) is 2.33. The molecule has 0 radical (unpaired) electrons. The Kier molecular flexibility index (Phi) is 10.5. The maximum absolute atomic E-state index is 12.3. The fourth-order valence-electron chi connectivity index (χ4n) is 2.10. The van der Waals surface area contributed by atoms with Crippen molar-refractivity contribution in [2.24, 2.45) is 0 Å². The summed E-state index contributed by atoms with van der Waals surface area (Å²) in [6.45, 7) is -0.742. The number of methoxy groups -OCH3 is 2. The zero-order valence-corrected chi connectivity index (χ0v) is 16.1. The number of hydrogen-bond donors (Lipinski definition) is 3. The van der Waals surface area contributed by atoms with Crippen molar-refractivity contribution in [3.8, 4) is 0 Å². The highest BCUT2D eigenvalue weighted by Gasteiger charge is 2.26. The van der Waals surface area contributed by atoms with Crippen LogP contribution in [0.25, 0.3) is 0 Å². The van der Waals surface area contributed by atoms with Crippen molar-refractivity contribution in [1.29, 1.82) is 0 Å². The van der Waals surface area contributed by atoms with Crippen molar-refractivity contribution in [3.05, 3.63) is 48.0 Å². The van der Waals surface area contributed by atoms with Gasteiger partial charge in [0.25, 0.3) is 0 Å². The lowest BCUT2D eigenvalue weighted by Crippen LogP contribution is -2.53. The van der Waals surface area contributed by atoms with Gasteiger partial charge in [0.15, 0.2) is 0 Å². The minimum Gasteiger partial charge on any atom is -0.467 e. The molecule has 0 saturated carbocycles.